The van der Waals surface area contributed by atoms with E-state index in [1.54, 1.807) is 0 Å². The van der Waals surface area contributed by atoms with E-state index < -0.39 is 0 Å². The maximum Gasteiger partial charge on any atom is 0.118 e. The molecule has 4 unspecified atom stereocenters. The van der Waals surface area contributed by atoms with Gasteiger partial charge in [0.15, 0.2) is 0 Å². The van der Waals surface area contributed by atoms with Gasteiger partial charge in [-0.2, -0.15) is 0 Å². The van der Waals surface area contributed by atoms with E-state index >= 15 is 0 Å². The van der Waals surface area contributed by atoms with E-state index in [1.807, 2.05) is 0 Å². The molecule has 4 aliphatic rings. The van der Waals surface area contributed by atoms with Crippen molar-refractivity contribution in [3.8, 4) is 0 Å². The fourth-order valence-corrected chi connectivity index (χ4v) is 7.40. The summed E-state index contributed by atoms with van der Waals surface area (Å²) in [4.78, 5) is 5.49. The predicted molar refractivity (Wildman–Crippen MR) is 105 cm³/mol. The topological polar surface area (TPSA) is 67.8 Å². The smallest absolute Gasteiger partial charge is 0.118 e. The number of oxime groups is 1. The number of aliphatic hydroxyl groups is 1. The molecule has 4 heteroatoms. The van der Waals surface area contributed by atoms with Crippen molar-refractivity contribution in [1.82, 2.24) is 0 Å². The van der Waals surface area contributed by atoms with Crippen LogP contribution in [0.3, 0.4) is 0 Å². The highest BCUT2D eigenvalue weighted by molar-refractivity contribution is 5.85. The van der Waals surface area contributed by atoms with E-state index in [0.717, 1.165) is 49.4 Å². The highest BCUT2D eigenvalue weighted by Crippen LogP contribution is 2.65. The molecule has 4 fully saturated rings. The van der Waals surface area contributed by atoms with Crippen LogP contribution in [-0.2, 0) is 4.84 Å². The molecule has 26 heavy (non-hydrogen) atoms. The molecule has 4 rings (SSSR count). The average molecular weight is 363 g/mol. The van der Waals surface area contributed by atoms with E-state index in [4.69, 9.17) is 10.6 Å². The Hall–Kier alpha value is -0.610. The zero-order chi connectivity index (χ0) is 18.4. The summed E-state index contributed by atoms with van der Waals surface area (Å²) in [6.07, 6.45) is 11.8. The Kier molecular flexibility index (Phi) is 5.11. The van der Waals surface area contributed by atoms with Crippen LogP contribution in [0.4, 0.5) is 0 Å². The van der Waals surface area contributed by atoms with E-state index in [0.29, 0.717) is 18.6 Å². The molecular weight excluding hydrogens is 324 g/mol. The van der Waals surface area contributed by atoms with Gasteiger partial charge >= 0.3 is 0 Å². The molecule has 4 nitrogen and oxygen atoms in total. The zero-order valence-corrected chi connectivity index (χ0v) is 16.8. The standard InChI is InChI=1S/C22H38N2O2/c1-21-10-8-16(24-26-13-3-12-23)14-15(21)4-5-17-18-6-7-20(25)22(18,2)11-9-19(17)21/h15,17-20,25H,3-14,23H2,1-2H3/b24-16+/t15?,17?,18?,19?,20-,21+,22+/m1/s1. The highest BCUT2D eigenvalue weighted by atomic mass is 16.6. The van der Waals surface area contributed by atoms with E-state index in [1.165, 1.54) is 44.2 Å². The van der Waals surface area contributed by atoms with Gasteiger partial charge in [0, 0.05) is 0 Å². The first kappa shape index (κ1) is 18.7. The van der Waals surface area contributed by atoms with Crippen molar-refractivity contribution in [1.29, 1.82) is 0 Å². The van der Waals surface area contributed by atoms with Crippen LogP contribution >= 0.6 is 0 Å². The Balaban J connectivity index is 1.46. The lowest BCUT2D eigenvalue weighted by molar-refractivity contribution is -0.112. The van der Waals surface area contributed by atoms with Crippen LogP contribution in [0.25, 0.3) is 0 Å². The predicted octanol–water partition coefficient (Wildman–Crippen LogP) is 4.11. The fraction of sp³-hybridized carbons (Fsp3) is 0.955. The molecular formula is C22H38N2O2. The third kappa shape index (κ3) is 2.92. The molecule has 4 saturated carbocycles. The molecule has 3 N–H and O–H groups in total. The summed E-state index contributed by atoms with van der Waals surface area (Å²) in [5.41, 5.74) is 7.47. The second-order valence-corrected chi connectivity index (χ2v) is 10.1. The van der Waals surface area contributed by atoms with Gasteiger partial charge in [-0.3, -0.25) is 0 Å². The quantitative estimate of drug-likeness (QED) is 0.584. The lowest BCUT2D eigenvalue weighted by atomic mass is 9.45. The Bertz CT molecular complexity index is 550. The lowest BCUT2D eigenvalue weighted by Crippen LogP contribution is -2.54. The van der Waals surface area contributed by atoms with Crippen LogP contribution in [0.1, 0.15) is 78.1 Å². The Morgan fingerprint density at radius 1 is 1.08 bits per heavy atom. The molecule has 0 aromatic rings. The van der Waals surface area contributed by atoms with Crippen molar-refractivity contribution in [2.75, 3.05) is 13.2 Å². The zero-order valence-electron chi connectivity index (χ0n) is 16.8. The summed E-state index contributed by atoms with van der Waals surface area (Å²) in [6.45, 7) is 6.28. The number of hydrogen-bond donors (Lipinski definition) is 2. The second kappa shape index (κ2) is 7.09. The normalized spacial score (nSPS) is 49.4. The Morgan fingerprint density at radius 3 is 2.69 bits per heavy atom. The van der Waals surface area contributed by atoms with E-state index in [-0.39, 0.29) is 11.5 Å². The van der Waals surface area contributed by atoms with Crippen molar-refractivity contribution >= 4 is 5.71 Å². The van der Waals surface area contributed by atoms with Gasteiger partial charge in [-0.05, 0) is 105 Å². The number of fused-ring (bicyclic) bond motifs is 5. The number of rotatable bonds is 4. The number of hydrogen-bond acceptors (Lipinski definition) is 4. The third-order valence-corrected chi connectivity index (χ3v) is 9.08. The van der Waals surface area contributed by atoms with Gasteiger partial charge in [0.05, 0.1) is 11.8 Å². The van der Waals surface area contributed by atoms with Gasteiger partial charge < -0.3 is 15.7 Å². The van der Waals surface area contributed by atoms with Gasteiger partial charge in [0.2, 0.25) is 0 Å². The summed E-state index contributed by atoms with van der Waals surface area (Å²) in [5.74, 6) is 3.21. The van der Waals surface area contributed by atoms with Gasteiger partial charge in [-0.15, -0.1) is 0 Å². The maximum absolute atomic E-state index is 10.6. The molecule has 0 aromatic carbocycles. The molecule has 0 amide bonds. The first-order chi connectivity index (χ1) is 12.5. The van der Waals surface area contributed by atoms with Crippen molar-refractivity contribution in [2.24, 2.45) is 45.4 Å². The molecule has 0 radical (unpaired) electrons. The summed E-state index contributed by atoms with van der Waals surface area (Å²) < 4.78 is 0. The average Bonchev–Trinajstić information content (AvgIpc) is 2.94. The molecule has 0 saturated heterocycles. The Morgan fingerprint density at radius 2 is 1.88 bits per heavy atom. The Labute approximate surface area is 158 Å². The molecule has 148 valence electrons. The molecule has 0 bridgehead atoms. The summed E-state index contributed by atoms with van der Waals surface area (Å²) in [6, 6.07) is 0. The number of nitrogens with zero attached hydrogens (tertiary/aromatic N) is 1. The summed E-state index contributed by atoms with van der Waals surface area (Å²) in [5, 5.41) is 15.0. The van der Waals surface area contributed by atoms with Crippen LogP contribution in [0.5, 0.6) is 0 Å². The number of aliphatic hydroxyl groups excluding tert-OH is 1. The molecule has 0 spiro atoms. The van der Waals surface area contributed by atoms with Gasteiger partial charge in [0.1, 0.15) is 6.61 Å². The van der Waals surface area contributed by atoms with Crippen LogP contribution in [0.15, 0.2) is 5.16 Å². The van der Waals surface area contributed by atoms with Crippen LogP contribution < -0.4 is 5.73 Å². The van der Waals surface area contributed by atoms with Crippen molar-refractivity contribution in [2.45, 2.75) is 84.2 Å². The molecule has 7 atom stereocenters. The minimum Gasteiger partial charge on any atom is -0.396 e. The monoisotopic (exact) mass is 362 g/mol. The molecule has 0 aliphatic heterocycles. The summed E-state index contributed by atoms with van der Waals surface area (Å²) in [7, 11) is 0. The van der Waals surface area contributed by atoms with E-state index in [2.05, 4.69) is 19.0 Å². The maximum atomic E-state index is 10.6. The second-order valence-electron chi connectivity index (χ2n) is 10.1. The van der Waals surface area contributed by atoms with Crippen molar-refractivity contribution in [3.63, 3.8) is 0 Å². The fourth-order valence-electron chi connectivity index (χ4n) is 7.40. The van der Waals surface area contributed by atoms with Crippen molar-refractivity contribution < 1.29 is 9.94 Å². The van der Waals surface area contributed by atoms with Crippen LogP contribution in [0, 0.1) is 34.5 Å². The van der Waals surface area contributed by atoms with Crippen LogP contribution in [-0.4, -0.2) is 30.1 Å². The van der Waals surface area contributed by atoms with Gasteiger partial charge in [-0.1, -0.05) is 19.0 Å². The lowest BCUT2D eigenvalue weighted by Gasteiger charge is -2.60. The van der Waals surface area contributed by atoms with Gasteiger partial charge in [0.25, 0.3) is 0 Å². The summed E-state index contributed by atoms with van der Waals surface area (Å²) >= 11 is 0. The van der Waals surface area contributed by atoms with E-state index in [9.17, 15) is 5.11 Å². The SMILES string of the molecule is C[C@]12CC/C(=N\OCCCN)CC1CCC1C2CC[C@@]2(C)C1CC[C@H]2O. The number of nitrogens with two attached hydrogens (primary N) is 1. The minimum atomic E-state index is -0.0604. The molecule has 0 heterocycles. The highest BCUT2D eigenvalue weighted by Gasteiger charge is 2.59. The third-order valence-electron chi connectivity index (χ3n) is 9.08. The first-order valence-corrected chi connectivity index (χ1v) is 11.0. The molecule has 4 aliphatic carbocycles. The largest absolute Gasteiger partial charge is 0.396 e. The first-order valence-electron chi connectivity index (χ1n) is 11.0. The van der Waals surface area contributed by atoms with Crippen LogP contribution in [0.2, 0.25) is 0 Å². The minimum absolute atomic E-state index is 0.0604. The molecule has 0 aromatic heterocycles. The van der Waals surface area contributed by atoms with Crippen molar-refractivity contribution in [3.05, 3.63) is 0 Å². The van der Waals surface area contributed by atoms with Gasteiger partial charge in [-0.25, -0.2) is 0 Å².